The van der Waals surface area contributed by atoms with E-state index in [1.54, 1.807) is 0 Å². The van der Waals surface area contributed by atoms with E-state index in [1.807, 2.05) is 61.5 Å². The lowest BCUT2D eigenvalue weighted by molar-refractivity contribution is 0.0885. The molecule has 2 heteroatoms. The number of carbonyl (C=O) groups excluding carboxylic acids is 1. The van der Waals surface area contributed by atoms with Crippen molar-refractivity contribution in [1.29, 1.82) is 0 Å². The predicted octanol–water partition coefficient (Wildman–Crippen LogP) is 2.92. The van der Waals surface area contributed by atoms with Crippen molar-refractivity contribution in [2.75, 3.05) is 0 Å². The summed E-state index contributed by atoms with van der Waals surface area (Å²) in [7, 11) is 0. The van der Waals surface area contributed by atoms with E-state index in [4.69, 9.17) is 4.74 Å². The van der Waals surface area contributed by atoms with Crippen LogP contribution in [0.2, 0.25) is 0 Å². The van der Waals surface area contributed by atoms with Crippen molar-refractivity contribution in [2.24, 2.45) is 0 Å². The second-order valence-corrected chi connectivity index (χ2v) is 5.06. The molecule has 4 rings (SSSR count). The molecule has 0 saturated carbocycles. The highest BCUT2D eigenvalue weighted by Gasteiger charge is 2.77. The summed E-state index contributed by atoms with van der Waals surface area (Å²) in [4.78, 5) is 12.4. The summed E-state index contributed by atoms with van der Waals surface area (Å²) in [6.45, 7) is 1.89. The maximum atomic E-state index is 12.4. The van der Waals surface area contributed by atoms with Crippen molar-refractivity contribution in [3.8, 4) is 0 Å². The maximum Gasteiger partial charge on any atom is 0.198 e. The fourth-order valence-corrected chi connectivity index (χ4v) is 3.21. The Morgan fingerprint density at radius 1 is 0.944 bits per heavy atom. The summed E-state index contributed by atoms with van der Waals surface area (Å²) in [5, 5.41) is 0. The molecule has 88 valence electrons. The van der Waals surface area contributed by atoms with Crippen LogP contribution < -0.4 is 0 Å². The van der Waals surface area contributed by atoms with Crippen LogP contribution in [0.1, 0.15) is 28.4 Å². The Balaban J connectivity index is 2.02. The van der Waals surface area contributed by atoms with Crippen LogP contribution >= 0.6 is 0 Å². The Morgan fingerprint density at radius 2 is 1.61 bits per heavy atom. The van der Waals surface area contributed by atoms with Gasteiger partial charge in [0.15, 0.2) is 17.0 Å². The van der Waals surface area contributed by atoms with E-state index < -0.39 is 11.2 Å². The second kappa shape index (κ2) is 2.90. The van der Waals surface area contributed by atoms with E-state index in [0.717, 1.165) is 16.7 Å². The Morgan fingerprint density at radius 3 is 2.39 bits per heavy atom. The minimum Gasteiger partial charge on any atom is -0.344 e. The van der Waals surface area contributed by atoms with Gasteiger partial charge < -0.3 is 4.74 Å². The number of rotatable bonds is 1. The number of benzene rings is 2. The van der Waals surface area contributed by atoms with Gasteiger partial charge in [0.2, 0.25) is 0 Å². The molecule has 0 N–H and O–H groups in total. The molecule has 0 bridgehead atoms. The Hall–Kier alpha value is -1.93. The van der Waals surface area contributed by atoms with Crippen LogP contribution in [0.5, 0.6) is 0 Å². The number of Topliss-reactive ketones (excluding diaryl/α,β-unsaturated/α-hetero) is 1. The summed E-state index contributed by atoms with van der Waals surface area (Å²) in [5.74, 6) is 0.0990. The molecule has 2 aliphatic rings. The first-order chi connectivity index (χ1) is 8.70. The number of hydrogen-bond donors (Lipinski definition) is 0. The van der Waals surface area contributed by atoms with Gasteiger partial charge in [0.25, 0.3) is 0 Å². The number of epoxide rings is 1. The molecular formula is C16H12O2. The Labute approximate surface area is 105 Å². The van der Waals surface area contributed by atoms with Gasteiger partial charge in [-0.2, -0.15) is 0 Å². The van der Waals surface area contributed by atoms with Crippen molar-refractivity contribution < 1.29 is 9.53 Å². The zero-order valence-electron chi connectivity index (χ0n) is 10.0. The largest absolute Gasteiger partial charge is 0.344 e. The highest BCUT2D eigenvalue weighted by Crippen LogP contribution is 2.66. The van der Waals surface area contributed by atoms with Crippen LogP contribution in [-0.2, 0) is 10.3 Å². The number of carbonyl (C=O) groups is 1. The molecule has 18 heavy (non-hydrogen) atoms. The molecule has 2 atom stereocenters. The third-order valence-corrected chi connectivity index (χ3v) is 4.15. The van der Waals surface area contributed by atoms with Crippen molar-refractivity contribution in [3.63, 3.8) is 0 Å². The van der Waals surface area contributed by atoms with Gasteiger partial charge in [0, 0.05) is 11.1 Å². The molecule has 0 amide bonds. The van der Waals surface area contributed by atoms with E-state index in [0.29, 0.717) is 0 Å². The lowest BCUT2D eigenvalue weighted by Gasteiger charge is -2.12. The summed E-state index contributed by atoms with van der Waals surface area (Å²) in [5.41, 5.74) is 1.60. The molecule has 2 unspecified atom stereocenters. The van der Waals surface area contributed by atoms with Gasteiger partial charge in [-0.15, -0.1) is 0 Å². The first kappa shape index (κ1) is 10.0. The minimum absolute atomic E-state index is 0.0990. The number of fused-ring (bicyclic) bond motifs is 3. The van der Waals surface area contributed by atoms with Crippen LogP contribution in [0, 0.1) is 0 Å². The minimum atomic E-state index is -0.710. The van der Waals surface area contributed by atoms with Gasteiger partial charge in [-0.05, 0) is 12.5 Å². The molecule has 1 fully saturated rings. The maximum absolute atomic E-state index is 12.4. The lowest BCUT2D eigenvalue weighted by atomic mass is 9.87. The fraction of sp³-hybridized carbons (Fsp3) is 0.188. The highest BCUT2D eigenvalue weighted by atomic mass is 16.6. The first-order valence-electron chi connectivity index (χ1n) is 6.10. The third kappa shape index (κ3) is 0.886. The van der Waals surface area contributed by atoms with Crippen LogP contribution in [0.25, 0.3) is 0 Å². The zero-order chi connectivity index (χ0) is 12.4. The van der Waals surface area contributed by atoms with Gasteiger partial charge in [-0.3, -0.25) is 4.79 Å². The zero-order valence-corrected chi connectivity index (χ0v) is 10.0. The average Bonchev–Trinajstić information content (AvgIpc) is 3.03. The first-order valence-corrected chi connectivity index (χ1v) is 6.10. The standard InChI is InChI=1S/C16H12O2/c1-15-14(17)12-9-5-6-10-13(12)16(15,18-15)11-7-3-2-4-8-11/h2-10H,1H3. The van der Waals surface area contributed by atoms with E-state index in [2.05, 4.69) is 0 Å². The highest BCUT2D eigenvalue weighted by molar-refractivity contribution is 6.11. The van der Waals surface area contributed by atoms with E-state index >= 15 is 0 Å². The van der Waals surface area contributed by atoms with Gasteiger partial charge in [-0.1, -0.05) is 54.6 Å². The SMILES string of the molecule is CC12OC1(c1ccccc1)c1ccccc1C2=O. The molecule has 0 radical (unpaired) electrons. The molecule has 2 aromatic rings. The number of ketones is 1. The number of ether oxygens (including phenoxy) is 1. The molecule has 1 aliphatic heterocycles. The summed E-state index contributed by atoms with van der Waals surface area (Å²) >= 11 is 0. The Bertz CT molecular complexity index is 662. The summed E-state index contributed by atoms with van der Waals surface area (Å²) in [6.07, 6.45) is 0. The molecule has 1 saturated heterocycles. The van der Waals surface area contributed by atoms with Crippen LogP contribution in [0.4, 0.5) is 0 Å². The topological polar surface area (TPSA) is 29.6 Å². The van der Waals surface area contributed by atoms with Crippen LogP contribution in [0.15, 0.2) is 54.6 Å². The van der Waals surface area contributed by atoms with Gasteiger partial charge >= 0.3 is 0 Å². The van der Waals surface area contributed by atoms with Crippen molar-refractivity contribution in [3.05, 3.63) is 71.3 Å². The quantitative estimate of drug-likeness (QED) is 0.712. The predicted molar refractivity (Wildman–Crippen MR) is 67.5 cm³/mol. The average molecular weight is 236 g/mol. The summed E-state index contributed by atoms with van der Waals surface area (Å²) < 4.78 is 5.90. The van der Waals surface area contributed by atoms with E-state index in [1.165, 1.54) is 0 Å². The normalized spacial score (nSPS) is 31.9. The lowest BCUT2D eigenvalue weighted by Crippen LogP contribution is -2.22. The van der Waals surface area contributed by atoms with E-state index in [-0.39, 0.29) is 5.78 Å². The van der Waals surface area contributed by atoms with Crippen LogP contribution in [-0.4, -0.2) is 11.4 Å². The smallest absolute Gasteiger partial charge is 0.198 e. The Kier molecular flexibility index (Phi) is 1.62. The molecule has 2 nitrogen and oxygen atoms in total. The summed E-state index contributed by atoms with van der Waals surface area (Å²) in [6, 6.07) is 17.8. The van der Waals surface area contributed by atoms with Crippen molar-refractivity contribution >= 4 is 5.78 Å². The third-order valence-electron chi connectivity index (χ3n) is 4.15. The second-order valence-electron chi connectivity index (χ2n) is 5.06. The van der Waals surface area contributed by atoms with Crippen molar-refractivity contribution in [2.45, 2.75) is 18.1 Å². The molecule has 2 aromatic carbocycles. The van der Waals surface area contributed by atoms with Gasteiger partial charge in [0.05, 0.1) is 0 Å². The van der Waals surface area contributed by atoms with E-state index in [9.17, 15) is 4.79 Å². The fourth-order valence-electron chi connectivity index (χ4n) is 3.21. The van der Waals surface area contributed by atoms with Crippen LogP contribution in [0.3, 0.4) is 0 Å². The molecule has 1 heterocycles. The number of hydrogen-bond acceptors (Lipinski definition) is 2. The molecule has 1 aliphatic carbocycles. The molecule has 0 aromatic heterocycles. The van der Waals surface area contributed by atoms with Gasteiger partial charge in [0.1, 0.15) is 0 Å². The monoisotopic (exact) mass is 236 g/mol. The molecule has 0 spiro atoms. The molecular weight excluding hydrogens is 224 g/mol. The van der Waals surface area contributed by atoms with Crippen molar-refractivity contribution in [1.82, 2.24) is 0 Å². The van der Waals surface area contributed by atoms with Gasteiger partial charge in [-0.25, -0.2) is 0 Å².